The van der Waals surface area contributed by atoms with Crippen LogP contribution in [0.4, 0.5) is 0 Å². The van der Waals surface area contributed by atoms with Crippen molar-refractivity contribution in [3.63, 3.8) is 0 Å². The molecule has 4 heteroatoms. The molecular weight excluding hydrogens is 202 g/mol. The van der Waals surface area contributed by atoms with Crippen molar-refractivity contribution in [2.24, 2.45) is 0 Å². The molecule has 0 heterocycles. The first-order chi connectivity index (χ1) is 6.74. The summed E-state index contributed by atoms with van der Waals surface area (Å²) in [7, 11) is 1.38. The Morgan fingerprint density at radius 2 is 2.14 bits per heavy atom. The highest BCUT2D eigenvalue weighted by Crippen LogP contribution is 2.07. The van der Waals surface area contributed by atoms with Crippen molar-refractivity contribution >= 4 is 17.5 Å². The van der Waals surface area contributed by atoms with Crippen LogP contribution < -0.4 is 5.48 Å². The molecule has 76 valence electrons. The van der Waals surface area contributed by atoms with Crippen molar-refractivity contribution in [1.29, 1.82) is 0 Å². The number of benzene rings is 1. The SMILES string of the molecule is CONC(=O)C(Cl)Cc1ccccc1. The van der Waals surface area contributed by atoms with Gasteiger partial charge in [0.2, 0.25) is 0 Å². The van der Waals surface area contributed by atoms with Crippen molar-refractivity contribution in [2.45, 2.75) is 11.8 Å². The lowest BCUT2D eigenvalue weighted by Crippen LogP contribution is -2.31. The van der Waals surface area contributed by atoms with Crippen molar-refractivity contribution < 1.29 is 9.63 Å². The minimum absolute atomic E-state index is 0.321. The van der Waals surface area contributed by atoms with E-state index in [9.17, 15) is 4.79 Å². The number of nitrogens with one attached hydrogen (secondary N) is 1. The van der Waals surface area contributed by atoms with Crippen LogP contribution in [0.3, 0.4) is 0 Å². The van der Waals surface area contributed by atoms with E-state index in [0.717, 1.165) is 5.56 Å². The van der Waals surface area contributed by atoms with E-state index in [1.54, 1.807) is 0 Å². The zero-order valence-corrected chi connectivity index (χ0v) is 8.62. The number of hydroxylamine groups is 1. The number of hydrogen-bond acceptors (Lipinski definition) is 2. The average molecular weight is 214 g/mol. The van der Waals surface area contributed by atoms with Gasteiger partial charge in [-0.25, -0.2) is 5.48 Å². The van der Waals surface area contributed by atoms with Crippen molar-refractivity contribution in [2.75, 3.05) is 7.11 Å². The second kappa shape index (κ2) is 5.62. The fourth-order valence-electron chi connectivity index (χ4n) is 1.08. The minimum Gasteiger partial charge on any atom is -0.277 e. The summed E-state index contributed by atoms with van der Waals surface area (Å²) in [5, 5.41) is -0.600. The molecule has 0 aliphatic rings. The Hall–Kier alpha value is -1.06. The first-order valence-electron chi connectivity index (χ1n) is 4.25. The van der Waals surface area contributed by atoms with Crippen LogP contribution in [0.1, 0.15) is 5.56 Å². The van der Waals surface area contributed by atoms with E-state index in [4.69, 9.17) is 11.6 Å². The number of carbonyl (C=O) groups excluding carboxylic acids is 1. The lowest BCUT2D eigenvalue weighted by Gasteiger charge is -2.08. The van der Waals surface area contributed by atoms with Crippen molar-refractivity contribution in [1.82, 2.24) is 5.48 Å². The third kappa shape index (κ3) is 3.36. The van der Waals surface area contributed by atoms with Gasteiger partial charge in [-0.05, 0) is 12.0 Å². The van der Waals surface area contributed by atoms with Crippen LogP contribution >= 0.6 is 11.6 Å². The fraction of sp³-hybridized carbons (Fsp3) is 0.300. The van der Waals surface area contributed by atoms with Gasteiger partial charge in [0, 0.05) is 0 Å². The third-order valence-corrected chi connectivity index (χ3v) is 2.10. The van der Waals surface area contributed by atoms with Gasteiger partial charge in [0.05, 0.1) is 7.11 Å². The maximum atomic E-state index is 11.2. The Bertz CT molecular complexity index is 289. The van der Waals surface area contributed by atoms with Crippen LogP contribution in [0.2, 0.25) is 0 Å². The molecule has 0 radical (unpaired) electrons. The summed E-state index contributed by atoms with van der Waals surface area (Å²) in [5.41, 5.74) is 3.22. The Labute approximate surface area is 88.0 Å². The van der Waals surface area contributed by atoms with Crippen molar-refractivity contribution in [3.8, 4) is 0 Å². The minimum atomic E-state index is -0.600. The summed E-state index contributed by atoms with van der Waals surface area (Å²) in [6.45, 7) is 0. The predicted octanol–water partition coefficient (Wildman–Crippen LogP) is 1.51. The van der Waals surface area contributed by atoms with Crippen LogP contribution in [-0.4, -0.2) is 18.4 Å². The molecule has 0 aromatic heterocycles. The van der Waals surface area contributed by atoms with Crippen LogP contribution in [-0.2, 0) is 16.1 Å². The number of halogens is 1. The molecule has 1 atom stereocenters. The zero-order valence-electron chi connectivity index (χ0n) is 7.87. The lowest BCUT2D eigenvalue weighted by atomic mass is 10.1. The Balaban J connectivity index is 2.49. The van der Waals surface area contributed by atoms with Gasteiger partial charge in [0.15, 0.2) is 0 Å². The van der Waals surface area contributed by atoms with E-state index >= 15 is 0 Å². The van der Waals surface area contributed by atoms with Gasteiger partial charge in [-0.2, -0.15) is 0 Å². The highest BCUT2D eigenvalue weighted by Gasteiger charge is 2.14. The summed E-state index contributed by atoms with van der Waals surface area (Å²) in [4.78, 5) is 15.7. The molecule has 3 nitrogen and oxygen atoms in total. The van der Waals surface area contributed by atoms with Gasteiger partial charge < -0.3 is 0 Å². The Morgan fingerprint density at radius 3 is 2.71 bits per heavy atom. The van der Waals surface area contributed by atoms with Crippen LogP contribution in [0.5, 0.6) is 0 Å². The highest BCUT2D eigenvalue weighted by molar-refractivity contribution is 6.30. The van der Waals surface area contributed by atoms with Gasteiger partial charge in [0.1, 0.15) is 5.38 Å². The molecule has 1 unspecified atom stereocenters. The van der Waals surface area contributed by atoms with Gasteiger partial charge in [-0.15, -0.1) is 11.6 Å². The summed E-state index contributed by atoms with van der Waals surface area (Å²) >= 11 is 5.85. The van der Waals surface area contributed by atoms with Crippen molar-refractivity contribution in [3.05, 3.63) is 35.9 Å². The molecule has 0 saturated heterocycles. The molecule has 0 saturated carbocycles. The Kier molecular flexibility index (Phi) is 4.43. The molecule has 0 spiro atoms. The Morgan fingerprint density at radius 1 is 1.50 bits per heavy atom. The molecule has 1 amide bonds. The lowest BCUT2D eigenvalue weighted by molar-refractivity contribution is -0.130. The maximum absolute atomic E-state index is 11.2. The van der Waals surface area contributed by atoms with E-state index in [1.807, 2.05) is 30.3 Å². The van der Waals surface area contributed by atoms with Crippen LogP contribution in [0.15, 0.2) is 30.3 Å². The van der Waals surface area contributed by atoms with Gasteiger partial charge in [-0.1, -0.05) is 30.3 Å². The number of rotatable bonds is 4. The zero-order chi connectivity index (χ0) is 10.4. The van der Waals surface area contributed by atoms with Crippen LogP contribution in [0.25, 0.3) is 0 Å². The number of amides is 1. The summed E-state index contributed by atoms with van der Waals surface area (Å²) in [6.07, 6.45) is 0.498. The number of alkyl halides is 1. The highest BCUT2D eigenvalue weighted by atomic mass is 35.5. The first kappa shape index (κ1) is 11.0. The maximum Gasteiger partial charge on any atom is 0.261 e. The normalized spacial score (nSPS) is 12.1. The van der Waals surface area contributed by atoms with E-state index in [0.29, 0.717) is 6.42 Å². The van der Waals surface area contributed by atoms with E-state index in [1.165, 1.54) is 7.11 Å². The molecule has 0 bridgehead atoms. The molecule has 1 aromatic carbocycles. The second-order valence-corrected chi connectivity index (χ2v) is 3.35. The molecule has 1 aromatic rings. The molecule has 0 fully saturated rings. The molecule has 0 aliphatic heterocycles. The predicted molar refractivity (Wildman–Crippen MR) is 54.9 cm³/mol. The largest absolute Gasteiger partial charge is 0.277 e. The quantitative estimate of drug-likeness (QED) is 0.608. The van der Waals surface area contributed by atoms with Gasteiger partial charge >= 0.3 is 0 Å². The average Bonchev–Trinajstić information content (AvgIpc) is 2.19. The fourth-order valence-corrected chi connectivity index (χ4v) is 1.30. The second-order valence-electron chi connectivity index (χ2n) is 2.83. The molecule has 14 heavy (non-hydrogen) atoms. The smallest absolute Gasteiger partial charge is 0.261 e. The third-order valence-electron chi connectivity index (χ3n) is 1.74. The summed E-state index contributed by atoms with van der Waals surface area (Å²) < 4.78 is 0. The standard InChI is InChI=1S/C10H12ClNO2/c1-14-12-10(13)9(11)7-8-5-3-2-4-6-8/h2-6,9H,7H2,1H3,(H,12,13). The first-order valence-corrected chi connectivity index (χ1v) is 4.68. The van der Waals surface area contributed by atoms with Gasteiger partial charge in [-0.3, -0.25) is 9.63 Å². The molecule has 1 N–H and O–H groups in total. The summed E-state index contributed by atoms with van der Waals surface area (Å²) in [5.74, 6) is -0.321. The molecule has 1 rings (SSSR count). The van der Waals surface area contributed by atoms with Gasteiger partial charge in [0.25, 0.3) is 5.91 Å². The van der Waals surface area contributed by atoms with E-state index in [-0.39, 0.29) is 5.91 Å². The number of hydrogen-bond donors (Lipinski definition) is 1. The monoisotopic (exact) mass is 213 g/mol. The molecule has 0 aliphatic carbocycles. The van der Waals surface area contributed by atoms with Crippen LogP contribution in [0, 0.1) is 0 Å². The summed E-state index contributed by atoms with van der Waals surface area (Å²) in [6, 6.07) is 9.59. The molecular formula is C10H12ClNO2. The van der Waals surface area contributed by atoms with E-state index in [2.05, 4.69) is 10.3 Å². The number of carbonyl (C=O) groups is 1. The van der Waals surface area contributed by atoms with E-state index < -0.39 is 5.38 Å². The topological polar surface area (TPSA) is 38.3 Å².